The van der Waals surface area contributed by atoms with Gasteiger partial charge in [-0.1, -0.05) is 36.4 Å². The number of hydrogen-bond donors (Lipinski definition) is 1. The van der Waals surface area contributed by atoms with Gasteiger partial charge in [0, 0.05) is 42.3 Å². The molecule has 0 amide bonds. The van der Waals surface area contributed by atoms with Gasteiger partial charge in [-0.15, -0.1) is 0 Å². The summed E-state index contributed by atoms with van der Waals surface area (Å²) in [4.78, 5) is 16.7. The average molecular weight is 395 g/mol. The van der Waals surface area contributed by atoms with Crippen LogP contribution in [0.5, 0.6) is 0 Å². The van der Waals surface area contributed by atoms with Crippen molar-refractivity contribution in [3.8, 4) is 11.3 Å². The Labute approximate surface area is 173 Å². The number of pyridine rings is 1. The summed E-state index contributed by atoms with van der Waals surface area (Å²) < 4.78 is 4.21. The molecular weight excluding hydrogens is 374 g/mol. The smallest absolute Gasteiger partial charge is 0.336 e. The quantitative estimate of drug-likeness (QED) is 0.461. The maximum atomic E-state index is 11.9. The molecule has 5 rings (SSSR count). The SMILES string of the molecule is Cc1cccc2c1c(Cc1c(-c3ccccc3C(=O)O)nc3ccccn13)cn2C. The van der Waals surface area contributed by atoms with Crippen molar-refractivity contribution in [3.05, 3.63) is 95.4 Å². The zero-order valence-electron chi connectivity index (χ0n) is 16.8. The van der Waals surface area contributed by atoms with E-state index >= 15 is 0 Å². The molecule has 0 atom stereocenters. The summed E-state index contributed by atoms with van der Waals surface area (Å²) in [6.45, 7) is 2.13. The van der Waals surface area contributed by atoms with Gasteiger partial charge in [0.05, 0.1) is 17.0 Å². The number of rotatable bonds is 4. The summed E-state index contributed by atoms with van der Waals surface area (Å²) >= 11 is 0. The van der Waals surface area contributed by atoms with Gasteiger partial charge in [0.15, 0.2) is 0 Å². The van der Waals surface area contributed by atoms with Crippen molar-refractivity contribution in [3.63, 3.8) is 0 Å². The molecule has 3 aromatic heterocycles. The lowest BCUT2D eigenvalue weighted by atomic mass is 9.99. The van der Waals surface area contributed by atoms with Crippen LogP contribution in [0.4, 0.5) is 0 Å². The van der Waals surface area contributed by atoms with E-state index < -0.39 is 5.97 Å². The van der Waals surface area contributed by atoms with Crippen LogP contribution in [0, 0.1) is 6.92 Å². The van der Waals surface area contributed by atoms with Crippen LogP contribution in [-0.4, -0.2) is 25.0 Å². The van der Waals surface area contributed by atoms with Crippen molar-refractivity contribution in [2.75, 3.05) is 0 Å². The fourth-order valence-corrected chi connectivity index (χ4v) is 4.35. The molecule has 0 fully saturated rings. The molecule has 0 aliphatic rings. The molecule has 5 aromatic rings. The number of hydrogen-bond acceptors (Lipinski definition) is 2. The predicted octanol–water partition coefficient (Wildman–Crippen LogP) is 5.09. The number of aromatic carboxylic acids is 1. The number of carbonyl (C=O) groups is 1. The lowest BCUT2D eigenvalue weighted by Gasteiger charge is -2.08. The first-order valence-corrected chi connectivity index (χ1v) is 9.87. The summed E-state index contributed by atoms with van der Waals surface area (Å²) in [6.07, 6.45) is 4.80. The minimum absolute atomic E-state index is 0.260. The van der Waals surface area contributed by atoms with E-state index in [0.717, 1.165) is 11.3 Å². The molecule has 0 unspecified atom stereocenters. The van der Waals surface area contributed by atoms with Crippen molar-refractivity contribution in [2.45, 2.75) is 13.3 Å². The number of carboxylic acids is 1. The van der Waals surface area contributed by atoms with Gasteiger partial charge < -0.3 is 14.1 Å². The number of fused-ring (bicyclic) bond motifs is 2. The molecule has 0 spiro atoms. The zero-order chi connectivity index (χ0) is 20.8. The Morgan fingerprint density at radius 3 is 2.67 bits per heavy atom. The van der Waals surface area contributed by atoms with Gasteiger partial charge in [0.25, 0.3) is 0 Å². The molecule has 30 heavy (non-hydrogen) atoms. The Morgan fingerprint density at radius 2 is 1.83 bits per heavy atom. The van der Waals surface area contributed by atoms with Crippen LogP contribution in [0.15, 0.2) is 73.1 Å². The lowest BCUT2D eigenvalue weighted by Crippen LogP contribution is -2.02. The first-order valence-electron chi connectivity index (χ1n) is 9.87. The monoisotopic (exact) mass is 395 g/mol. The minimum Gasteiger partial charge on any atom is -0.478 e. The van der Waals surface area contributed by atoms with Crippen molar-refractivity contribution in [1.29, 1.82) is 0 Å². The van der Waals surface area contributed by atoms with Crippen LogP contribution >= 0.6 is 0 Å². The van der Waals surface area contributed by atoms with Crippen molar-refractivity contribution in [2.24, 2.45) is 7.05 Å². The molecule has 0 aliphatic heterocycles. The normalized spacial score (nSPS) is 11.4. The molecule has 0 aliphatic carbocycles. The standard InChI is InChI=1S/C25H21N3O2/c1-16-8-7-11-20-23(16)17(15-27(20)2)14-21-24(26-22-12-5-6-13-28(21)22)18-9-3-4-10-19(18)25(29)30/h3-13,15H,14H2,1-2H3,(H,29,30). The number of imidazole rings is 1. The maximum absolute atomic E-state index is 11.9. The Morgan fingerprint density at radius 1 is 1.03 bits per heavy atom. The van der Waals surface area contributed by atoms with E-state index in [4.69, 9.17) is 4.98 Å². The molecule has 2 aromatic carbocycles. The van der Waals surface area contributed by atoms with E-state index in [1.165, 1.54) is 22.0 Å². The Hall–Kier alpha value is -3.86. The molecule has 148 valence electrons. The second kappa shape index (κ2) is 6.88. The third kappa shape index (κ3) is 2.78. The molecule has 1 N–H and O–H groups in total. The van der Waals surface area contributed by atoms with Gasteiger partial charge in [0.1, 0.15) is 5.65 Å². The summed E-state index contributed by atoms with van der Waals surface area (Å²) in [5, 5.41) is 11.0. The third-order valence-corrected chi connectivity index (χ3v) is 5.70. The number of aromatic nitrogens is 3. The molecular formula is C25H21N3O2. The highest BCUT2D eigenvalue weighted by molar-refractivity contribution is 5.96. The van der Waals surface area contributed by atoms with E-state index in [9.17, 15) is 9.90 Å². The van der Waals surface area contributed by atoms with Crippen LogP contribution < -0.4 is 0 Å². The van der Waals surface area contributed by atoms with E-state index in [1.807, 2.05) is 36.5 Å². The molecule has 5 nitrogen and oxygen atoms in total. The van der Waals surface area contributed by atoms with Gasteiger partial charge in [-0.05, 0) is 42.3 Å². The molecule has 0 radical (unpaired) electrons. The van der Waals surface area contributed by atoms with Gasteiger partial charge in [0.2, 0.25) is 0 Å². The summed E-state index contributed by atoms with van der Waals surface area (Å²) in [5.74, 6) is -0.949. The molecule has 0 bridgehead atoms. The molecule has 0 saturated carbocycles. The summed E-state index contributed by atoms with van der Waals surface area (Å²) in [7, 11) is 2.06. The molecule has 0 saturated heterocycles. The lowest BCUT2D eigenvalue weighted by molar-refractivity contribution is 0.0697. The highest BCUT2D eigenvalue weighted by atomic mass is 16.4. The number of aryl methyl sites for hydroxylation is 2. The van der Waals surface area contributed by atoms with Gasteiger partial charge in [-0.2, -0.15) is 0 Å². The second-order valence-corrected chi connectivity index (χ2v) is 7.60. The summed E-state index contributed by atoms with van der Waals surface area (Å²) in [5.41, 5.74) is 7.01. The number of benzene rings is 2. The first-order chi connectivity index (χ1) is 14.5. The van der Waals surface area contributed by atoms with Gasteiger partial charge in [-0.3, -0.25) is 0 Å². The van der Waals surface area contributed by atoms with E-state index in [2.05, 4.69) is 47.3 Å². The van der Waals surface area contributed by atoms with E-state index in [-0.39, 0.29) is 5.56 Å². The van der Waals surface area contributed by atoms with E-state index in [1.54, 1.807) is 12.1 Å². The average Bonchev–Trinajstić information content (AvgIpc) is 3.27. The largest absolute Gasteiger partial charge is 0.478 e. The Kier molecular flexibility index (Phi) is 4.17. The van der Waals surface area contributed by atoms with Crippen LogP contribution in [0.2, 0.25) is 0 Å². The fraction of sp³-hybridized carbons (Fsp3) is 0.120. The molecule has 5 heteroatoms. The van der Waals surface area contributed by atoms with Crippen LogP contribution in [0.1, 0.15) is 27.2 Å². The summed E-state index contributed by atoms with van der Waals surface area (Å²) in [6, 6.07) is 19.3. The Bertz CT molecular complexity index is 1430. The van der Waals surface area contributed by atoms with Crippen molar-refractivity contribution >= 4 is 22.5 Å². The van der Waals surface area contributed by atoms with Gasteiger partial charge >= 0.3 is 5.97 Å². The Balaban J connectivity index is 1.77. The van der Waals surface area contributed by atoms with E-state index in [0.29, 0.717) is 17.7 Å². The highest BCUT2D eigenvalue weighted by Crippen LogP contribution is 2.32. The van der Waals surface area contributed by atoms with Gasteiger partial charge in [-0.25, -0.2) is 9.78 Å². The first kappa shape index (κ1) is 18.2. The third-order valence-electron chi connectivity index (χ3n) is 5.70. The van der Waals surface area contributed by atoms with Crippen LogP contribution in [0.3, 0.4) is 0 Å². The second-order valence-electron chi connectivity index (χ2n) is 7.60. The number of nitrogens with zero attached hydrogens (tertiary/aromatic N) is 3. The van der Waals surface area contributed by atoms with Crippen molar-refractivity contribution < 1.29 is 9.90 Å². The molecule has 3 heterocycles. The minimum atomic E-state index is -0.949. The fourth-order valence-electron chi connectivity index (χ4n) is 4.35. The van der Waals surface area contributed by atoms with Crippen LogP contribution in [-0.2, 0) is 13.5 Å². The number of carboxylic acid groups (broad SMARTS) is 1. The predicted molar refractivity (Wildman–Crippen MR) is 118 cm³/mol. The topological polar surface area (TPSA) is 59.5 Å². The van der Waals surface area contributed by atoms with Crippen molar-refractivity contribution in [1.82, 2.24) is 14.0 Å². The zero-order valence-corrected chi connectivity index (χ0v) is 16.8. The highest BCUT2D eigenvalue weighted by Gasteiger charge is 2.21. The maximum Gasteiger partial charge on any atom is 0.336 e. The van der Waals surface area contributed by atoms with Crippen LogP contribution in [0.25, 0.3) is 27.8 Å².